The van der Waals surface area contributed by atoms with Gasteiger partial charge >= 0.3 is 0 Å². The lowest BCUT2D eigenvalue weighted by atomic mass is 10.00. The van der Waals surface area contributed by atoms with E-state index in [1.807, 2.05) is 12.1 Å². The number of carbonyl (C=O) groups excluding carboxylic acids is 1. The third-order valence-electron chi connectivity index (χ3n) is 4.17. The average molecular weight is 305 g/mol. The molecule has 0 spiro atoms. The van der Waals surface area contributed by atoms with Crippen LogP contribution in [-0.4, -0.2) is 39.7 Å². The Balaban J connectivity index is 1.76. The molecule has 21 heavy (non-hydrogen) atoms. The Morgan fingerprint density at radius 2 is 2.19 bits per heavy atom. The Bertz CT molecular complexity index is 551. The number of fused-ring (bicyclic) bond motifs is 1. The normalized spacial score (nSPS) is 25.7. The van der Waals surface area contributed by atoms with Crippen molar-refractivity contribution in [1.82, 2.24) is 4.90 Å². The Morgan fingerprint density at radius 3 is 2.95 bits per heavy atom. The number of benzene rings is 1. The Labute approximate surface area is 128 Å². The lowest BCUT2D eigenvalue weighted by Gasteiger charge is -2.36. The quantitative estimate of drug-likeness (QED) is 0.378. The molecule has 1 amide bonds. The number of thioether (sulfide) groups is 1. The van der Waals surface area contributed by atoms with Crippen molar-refractivity contribution < 1.29 is 10.0 Å². The lowest BCUT2D eigenvalue weighted by Crippen LogP contribution is -2.53. The predicted molar refractivity (Wildman–Crippen MR) is 82.6 cm³/mol. The van der Waals surface area contributed by atoms with Gasteiger partial charge in [0.2, 0.25) is 5.91 Å². The second-order valence-electron chi connectivity index (χ2n) is 5.49. The molecule has 3 rings (SSSR count). The largest absolute Gasteiger partial charge is 0.409 e. The molecule has 2 heterocycles. The summed E-state index contributed by atoms with van der Waals surface area (Å²) in [7, 11) is 0. The Morgan fingerprint density at radius 1 is 1.38 bits per heavy atom. The van der Waals surface area contributed by atoms with E-state index >= 15 is 0 Å². The zero-order chi connectivity index (χ0) is 14.8. The molecule has 2 unspecified atom stereocenters. The van der Waals surface area contributed by atoms with Gasteiger partial charge < -0.3 is 15.8 Å². The third-order valence-corrected chi connectivity index (χ3v) is 5.47. The zero-order valence-electron chi connectivity index (χ0n) is 11.7. The van der Waals surface area contributed by atoms with Crippen LogP contribution in [-0.2, 0) is 11.2 Å². The molecule has 5 nitrogen and oxygen atoms in total. The highest BCUT2D eigenvalue weighted by molar-refractivity contribution is 8.01. The van der Waals surface area contributed by atoms with Crippen LogP contribution in [0.3, 0.4) is 0 Å². The molecule has 1 fully saturated rings. The molecule has 0 aromatic heterocycles. The van der Waals surface area contributed by atoms with Crippen LogP contribution in [0, 0.1) is 0 Å². The van der Waals surface area contributed by atoms with Gasteiger partial charge in [0.15, 0.2) is 5.84 Å². The van der Waals surface area contributed by atoms with Gasteiger partial charge in [-0.1, -0.05) is 23.4 Å². The summed E-state index contributed by atoms with van der Waals surface area (Å²) in [5.41, 5.74) is 6.99. The fraction of sp³-hybridized carbons (Fsp3) is 0.467. The Hall–Kier alpha value is -1.69. The summed E-state index contributed by atoms with van der Waals surface area (Å²) < 4.78 is 0. The van der Waals surface area contributed by atoms with Crippen LogP contribution in [0.25, 0.3) is 0 Å². The maximum Gasteiger partial charge on any atom is 0.237 e. The van der Waals surface area contributed by atoms with E-state index in [0.29, 0.717) is 6.54 Å². The van der Waals surface area contributed by atoms with Crippen molar-refractivity contribution in [3.63, 3.8) is 0 Å². The summed E-state index contributed by atoms with van der Waals surface area (Å²) >= 11 is 1.62. The highest BCUT2D eigenvalue weighted by atomic mass is 32.2. The van der Waals surface area contributed by atoms with E-state index in [1.54, 1.807) is 16.7 Å². The number of oxime groups is 1. The van der Waals surface area contributed by atoms with Crippen molar-refractivity contribution >= 4 is 23.5 Å². The molecule has 2 aliphatic heterocycles. The highest BCUT2D eigenvalue weighted by Crippen LogP contribution is 2.38. The Kier molecular flexibility index (Phi) is 4.05. The second kappa shape index (κ2) is 5.97. The molecular weight excluding hydrogens is 286 g/mol. The number of rotatable bonds is 2. The molecule has 2 aliphatic rings. The van der Waals surface area contributed by atoms with Crippen LogP contribution in [0.2, 0.25) is 0 Å². The fourth-order valence-corrected chi connectivity index (χ4v) is 4.34. The first-order valence-corrected chi connectivity index (χ1v) is 8.11. The van der Waals surface area contributed by atoms with Gasteiger partial charge in [-0.25, -0.2) is 0 Å². The first kappa shape index (κ1) is 14.3. The van der Waals surface area contributed by atoms with Crippen LogP contribution in [0.4, 0.5) is 0 Å². The van der Waals surface area contributed by atoms with Crippen LogP contribution in [0.5, 0.6) is 0 Å². The number of amidine groups is 1. The summed E-state index contributed by atoms with van der Waals surface area (Å²) in [5, 5.41) is 11.9. The zero-order valence-corrected chi connectivity index (χ0v) is 12.6. The fourth-order valence-electron chi connectivity index (χ4n) is 3.07. The molecule has 0 radical (unpaired) electrons. The van der Waals surface area contributed by atoms with Crippen molar-refractivity contribution in [2.24, 2.45) is 10.9 Å². The van der Waals surface area contributed by atoms with Crippen molar-refractivity contribution in [2.45, 2.75) is 41.9 Å². The SMILES string of the molecule is NC(=NO)C1CCCCN1C(=O)C1Cc2ccccc2S1. The van der Waals surface area contributed by atoms with Crippen LogP contribution >= 0.6 is 11.8 Å². The van der Waals surface area contributed by atoms with E-state index in [4.69, 9.17) is 10.9 Å². The molecule has 0 bridgehead atoms. The standard InChI is InChI=1S/C15H19N3O2S/c16-14(17-20)11-6-3-4-8-18(11)15(19)13-9-10-5-1-2-7-12(10)21-13/h1-2,5,7,11,13,20H,3-4,6,8-9H2,(H2,16,17). The minimum Gasteiger partial charge on any atom is -0.409 e. The number of likely N-dealkylation sites (tertiary alicyclic amines) is 1. The summed E-state index contributed by atoms with van der Waals surface area (Å²) in [6.07, 6.45) is 3.51. The summed E-state index contributed by atoms with van der Waals surface area (Å²) in [6, 6.07) is 7.88. The monoisotopic (exact) mass is 305 g/mol. The minimum absolute atomic E-state index is 0.0884. The van der Waals surface area contributed by atoms with Crippen molar-refractivity contribution in [3.05, 3.63) is 29.8 Å². The molecule has 1 saturated heterocycles. The number of hydrogen-bond donors (Lipinski definition) is 2. The van der Waals surface area contributed by atoms with Crippen molar-refractivity contribution in [2.75, 3.05) is 6.54 Å². The van der Waals surface area contributed by atoms with Gasteiger partial charge in [0, 0.05) is 11.4 Å². The number of nitrogens with two attached hydrogens (primary N) is 1. The average Bonchev–Trinajstić information content (AvgIpc) is 2.97. The lowest BCUT2D eigenvalue weighted by molar-refractivity contribution is -0.132. The van der Waals surface area contributed by atoms with E-state index in [1.165, 1.54) is 10.5 Å². The first-order chi connectivity index (χ1) is 10.2. The van der Waals surface area contributed by atoms with Crippen LogP contribution in [0.1, 0.15) is 24.8 Å². The summed E-state index contributed by atoms with van der Waals surface area (Å²) in [4.78, 5) is 15.8. The molecule has 2 atom stereocenters. The van der Waals surface area contributed by atoms with E-state index in [2.05, 4.69) is 17.3 Å². The van der Waals surface area contributed by atoms with Gasteiger partial charge in [-0.3, -0.25) is 4.79 Å². The van der Waals surface area contributed by atoms with Gasteiger partial charge in [0.05, 0.1) is 11.3 Å². The second-order valence-corrected chi connectivity index (χ2v) is 6.73. The van der Waals surface area contributed by atoms with Crippen molar-refractivity contribution in [1.29, 1.82) is 0 Å². The maximum absolute atomic E-state index is 12.8. The summed E-state index contributed by atoms with van der Waals surface area (Å²) in [5.74, 6) is 0.246. The predicted octanol–water partition coefficient (Wildman–Crippen LogP) is 1.83. The van der Waals surface area contributed by atoms with Crippen molar-refractivity contribution in [3.8, 4) is 0 Å². The molecule has 112 valence electrons. The molecule has 3 N–H and O–H groups in total. The van der Waals surface area contributed by atoms with Gasteiger partial charge in [-0.15, -0.1) is 11.8 Å². The molecule has 1 aromatic rings. The van der Waals surface area contributed by atoms with Gasteiger partial charge in [-0.05, 0) is 37.3 Å². The van der Waals surface area contributed by atoms with E-state index in [9.17, 15) is 4.79 Å². The van der Waals surface area contributed by atoms with Gasteiger partial charge in [0.25, 0.3) is 0 Å². The molecule has 1 aromatic carbocycles. The third kappa shape index (κ3) is 2.72. The molecule has 0 aliphatic carbocycles. The summed E-state index contributed by atoms with van der Waals surface area (Å²) in [6.45, 7) is 0.688. The topological polar surface area (TPSA) is 78.9 Å². The van der Waals surface area contributed by atoms with E-state index < -0.39 is 0 Å². The maximum atomic E-state index is 12.8. The number of carbonyl (C=O) groups is 1. The van der Waals surface area contributed by atoms with Crippen LogP contribution < -0.4 is 5.73 Å². The van der Waals surface area contributed by atoms with Gasteiger partial charge in [-0.2, -0.15) is 0 Å². The van der Waals surface area contributed by atoms with E-state index in [-0.39, 0.29) is 23.0 Å². The van der Waals surface area contributed by atoms with E-state index in [0.717, 1.165) is 25.7 Å². The number of amides is 1. The number of hydrogen-bond acceptors (Lipinski definition) is 4. The first-order valence-electron chi connectivity index (χ1n) is 7.23. The van der Waals surface area contributed by atoms with Crippen LogP contribution in [0.15, 0.2) is 34.3 Å². The number of piperidine rings is 1. The molecule has 0 saturated carbocycles. The molecule has 6 heteroatoms. The highest BCUT2D eigenvalue weighted by Gasteiger charge is 2.36. The number of nitrogens with zero attached hydrogens (tertiary/aromatic N) is 2. The smallest absolute Gasteiger partial charge is 0.237 e. The molecular formula is C15H19N3O2S. The minimum atomic E-state index is -0.263. The van der Waals surface area contributed by atoms with Gasteiger partial charge in [0.1, 0.15) is 0 Å².